The molecule has 2 heterocycles. The molecule has 0 N–H and O–H groups in total. The molecule has 0 fully saturated rings. The molecule has 0 atom stereocenters. The number of ether oxygens (including phenoxy) is 1. The van der Waals surface area contributed by atoms with Crippen LogP contribution < -0.4 is 4.74 Å². The minimum atomic E-state index is -0.617. The Morgan fingerprint density at radius 1 is 1.10 bits per heavy atom. The summed E-state index contributed by atoms with van der Waals surface area (Å²) in [7, 11) is 0. The van der Waals surface area contributed by atoms with Crippen molar-refractivity contribution in [1.82, 2.24) is 9.88 Å². The fourth-order valence-electron chi connectivity index (χ4n) is 2.86. The van der Waals surface area contributed by atoms with E-state index in [2.05, 4.69) is 4.98 Å². The largest absolute Gasteiger partial charge is 0.486 e. The normalized spacial score (nSPS) is 12.9. The predicted molar refractivity (Wildman–Crippen MR) is 100 cm³/mol. The number of imide groups is 1. The molecule has 29 heavy (non-hydrogen) atoms. The Morgan fingerprint density at radius 2 is 1.83 bits per heavy atom. The van der Waals surface area contributed by atoms with Crippen LogP contribution in [0.4, 0.5) is 10.1 Å². The maximum absolute atomic E-state index is 12.9. The van der Waals surface area contributed by atoms with Gasteiger partial charge in [0.25, 0.3) is 17.5 Å². The molecule has 146 valence electrons. The fraction of sp³-hybridized carbons (Fsp3) is 0.105. The molecule has 1 aliphatic rings. The second-order valence-electron chi connectivity index (χ2n) is 6.16. The summed E-state index contributed by atoms with van der Waals surface area (Å²) < 4.78 is 18.4. The van der Waals surface area contributed by atoms with E-state index in [1.165, 1.54) is 47.7 Å². The molecule has 8 nitrogen and oxygen atoms in total. The summed E-state index contributed by atoms with van der Waals surface area (Å²) in [5, 5.41) is 13.2. The third-order valence-corrected chi connectivity index (χ3v) is 5.13. The lowest BCUT2D eigenvalue weighted by Crippen LogP contribution is -2.29. The van der Waals surface area contributed by atoms with E-state index in [1.54, 1.807) is 5.38 Å². The van der Waals surface area contributed by atoms with Crippen LogP contribution in [0.5, 0.6) is 5.75 Å². The number of hydrogen-bond donors (Lipinski definition) is 0. The first kappa shape index (κ1) is 18.7. The number of hydrogen-bond acceptors (Lipinski definition) is 7. The van der Waals surface area contributed by atoms with Crippen LogP contribution in [-0.4, -0.2) is 26.6 Å². The molecule has 0 aliphatic carbocycles. The molecule has 0 radical (unpaired) electrons. The van der Waals surface area contributed by atoms with Crippen molar-refractivity contribution in [3.05, 3.63) is 85.6 Å². The minimum absolute atomic E-state index is 0.0132. The number of carbonyl (C=O) groups excluding carboxylic acids is 2. The number of non-ortho nitro benzene ring substituents is 1. The van der Waals surface area contributed by atoms with Gasteiger partial charge in [-0.2, -0.15) is 0 Å². The second kappa shape index (κ2) is 7.40. The van der Waals surface area contributed by atoms with Crippen LogP contribution in [0.1, 0.15) is 31.4 Å². The number of aromatic nitrogens is 1. The Kier molecular flexibility index (Phi) is 4.77. The summed E-state index contributed by atoms with van der Waals surface area (Å²) in [5.74, 6) is -0.979. The van der Waals surface area contributed by atoms with Crippen LogP contribution in [0.2, 0.25) is 0 Å². The third-order valence-electron chi connectivity index (χ3n) is 4.26. The van der Waals surface area contributed by atoms with Gasteiger partial charge in [-0.25, -0.2) is 9.37 Å². The van der Waals surface area contributed by atoms with Crippen molar-refractivity contribution >= 4 is 28.8 Å². The first-order valence-electron chi connectivity index (χ1n) is 8.38. The molecule has 0 saturated heterocycles. The number of nitrogens with zero attached hydrogens (tertiary/aromatic N) is 3. The Hall–Kier alpha value is -3.66. The van der Waals surface area contributed by atoms with Crippen molar-refractivity contribution in [2.24, 2.45) is 0 Å². The molecular formula is C19H12FN3O5S. The Labute approximate surface area is 167 Å². The monoisotopic (exact) mass is 413 g/mol. The molecule has 2 aromatic carbocycles. The van der Waals surface area contributed by atoms with Gasteiger partial charge in [-0.1, -0.05) is 0 Å². The minimum Gasteiger partial charge on any atom is -0.486 e. The van der Waals surface area contributed by atoms with Crippen molar-refractivity contribution in [3.63, 3.8) is 0 Å². The molecule has 10 heteroatoms. The van der Waals surface area contributed by atoms with Crippen LogP contribution in [0.3, 0.4) is 0 Å². The number of benzene rings is 2. The summed E-state index contributed by atoms with van der Waals surface area (Å²) in [5.41, 5.74) is 0.396. The lowest BCUT2D eigenvalue weighted by Gasteiger charge is -2.11. The van der Waals surface area contributed by atoms with Crippen molar-refractivity contribution in [1.29, 1.82) is 0 Å². The third kappa shape index (κ3) is 3.69. The van der Waals surface area contributed by atoms with Gasteiger partial charge in [0, 0.05) is 17.5 Å². The van der Waals surface area contributed by atoms with Gasteiger partial charge in [0.1, 0.15) is 23.2 Å². The molecule has 4 rings (SSSR count). The zero-order valence-corrected chi connectivity index (χ0v) is 15.5. The Balaban J connectivity index is 1.44. The average Bonchev–Trinajstić information content (AvgIpc) is 3.26. The highest BCUT2D eigenvalue weighted by molar-refractivity contribution is 7.09. The quantitative estimate of drug-likeness (QED) is 0.348. The van der Waals surface area contributed by atoms with E-state index in [-0.39, 0.29) is 35.8 Å². The summed E-state index contributed by atoms with van der Waals surface area (Å²) in [6.07, 6.45) is 0. The van der Waals surface area contributed by atoms with Gasteiger partial charge < -0.3 is 4.74 Å². The zero-order valence-electron chi connectivity index (χ0n) is 14.7. The average molecular weight is 413 g/mol. The molecule has 3 aromatic rings. The van der Waals surface area contributed by atoms with Crippen LogP contribution in [0.25, 0.3) is 0 Å². The molecular weight excluding hydrogens is 401 g/mol. The van der Waals surface area contributed by atoms with E-state index in [9.17, 15) is 24.1 Å². The summed E-state index contributed by atoms with van der Waals surface area (Å²) in [6, 6.07) is 9.17. The number of fused-ring (bicyclic) bond motifs is 1. The van der Waals surface area contributed by atoms with Crippen molar-refractivity contribution in [2.45, 2.75) is 13.2 Å². The van der Waals surface area contributed by atoms with E-state index in [0.29, 0.717) is 16.5 Å². The highest BCUT2D eigenvalue weighted by Crippen LogP contribution is 2.28. The van der Waals surface area contributed by atoms with Crippen molar-refractivity contribution in [2.75, 3.05) is 0 Å². The van der Waals surface area contributed by atoms with Crippen molar-refractivity contribution < 1.29 is 23.6 Å². The molecule has 0 saturated carbocycles. The van der Waals surface area contributed by atoms with E-state index >= 15 is 0 Å². The standard InChI is InChI=1S/C19H12FN3O5S/c20-11-1-4-14(5-2-11)28-9-17-21-12(10-29-17)8-22-18(24)15-6-3-13(23(26)27)7-16(15)19(22)25/h1-7,10H,8-9H2. The van der Waals surface area contributed by atoms with E-state index in [1.807, 2.05) is 0 Å². The van der Waals surface area contributed by atoms with E-state index in [4.69, 9.17) is 4.74 Å². The Morgan fingerprint density at radius 3 is 2.55 bits per heavy atom. The topological polar surface area (TPSA) is 103 Å². The maximum Gasteiger partial charge on any atom is 0.270 e. The van der Waals surface area contributed by atoms with Gasteiger partial charge >= 0.3 is 0 Å². The van der Waals surface area contributed by atoms with E-state index in [0.717, 1.165) is 11.0 Å². The number of thiazole rings is 1. The lowest BCUT2D eigenvalue weighted by molar-refractivity contribution is -0.384. The summed E-state index contributed by atoms with van der Waals surface area (Å²) >= 11 is 1.30. The Bertz CT molecular complexity index is 1130. The first-order chi connectivity index (χ1) is 13.9. The summed E-state index contributed by atoms with van der Waals surface area (Å²) in [4.78, 5) is 40.7. The smallest absolute Gasteiger partial charge is 0.270 e. The van der Waals surface area contributed by atoms with Gasteiger partial charge in [-0.3, -0.25) is 24.6 Å². The van der Waals surface area contributed by atoms with Gasteiger partial charge in [-0.15, -0.1) is 11.3 Å². The van der Waals surface area contributed by atoms with Crippen LogP contribution in [0.15, 0.2) is 47.8 Å². The zero-order chi connectivity index (χ0) is 20.5. The molecule has 0 unspecified atom stereocenters. The molecule has 0 bridgehead atoms. The lowest BCUT2D eigenvalue weighted by atomic mass is 10.1. The molecule has 1 aliphatic heterocycles. The van der Waals surface area contributed by atoms with E-state index < -0.39 is 16.7 Å². The highest BCUT2D eigenvalue weighted by Gasteiger charge is 2.37. The van der Waals surface area contributed by atoms with Gasteiger partial charge in [0.2, 0.25) is 0 Å². The fourth-order valence-corrected chi connectivity index (χ4v) is 3.56. The number of carbonyl (C=O) groups is 2. The maximum atomic E-state index is 12.9. The molecule has 1 aromatic heterocycles. The molecule has 2 amide bonds. The SMILES string of the molecule is O=C1c2ccc([N+](=O)[O-])cc2C(=O)N1Cc1csc(COc2ccc(F)cc2)n1. The predicted octanol–water partition coefficient (Wildman–Crippen LogP) is 3.57. The van der Waals surface area contributed by atoms with Gasteiger partial charge in [0.15, 0.2) is 0 Å². The summed E-state index contributed by atoms with van der Waals surface area (Å²) in [6.45, 7) is 0.109. The van der Waals surface area contributed by atoms with Crippen LogP contribution in [0, 0.1) is 15.9 Å². The molecule has 0 spiro atoms. The highest BCUT2D eigenvalue weighted by atomic mass is 32.1. The van der Waals surface area contributed by atoms with Crippen LogP contribution >= 0.6 is 11.3 Å². The van der Waals surface area contributed by atoms with Gasteiger partial charge in [-0.05, 0) is 30.3 Å². The number of nitro groups is 1. The second-order valence-corrected chi connectivity index (χ2v) is 7.10. The first-order valence-corrected chi connectivity index (χ1v) is 9.26. The van der Waals surface area contributed by atoms with Crippen molar-refractivity contribution in [3.8, 4) is 5.75 Å². The number of rotatable bonds is 6. The van der Waals surface area contributed by atoms with Gasteiger partial charge in [0.05, 0.1) is 28.3 Å². The number of amides is 2. The number of halogens is 1. The number of nitro benzene ring substituents is 1. The van der Waals surface area contributed by atoms with Crippen LogP contribution in [-0.2, 0) is 13.2 Å².